The van der Waals surface area contributed by atoms with Crippen LogP contribution in [0.1, 0.15) is 17.2 Å². The second-order valence-electron chi connectivity index (χ2n) is 3.41. The fraction of sp³-hybridized carbons (Fsp3) is 0.364. The van der Waals surface area contributed by atoms with Crippen molar-refractivity contribution in [3.8, 4) is 6.07 Å². The minimum atomic E-state index is -0.00843. The number of hydrogen-bond donors (Lipinski definition) is 1. The third kappa shape index (κ3) is 2.37. The van der Waals surface area contributed by atoms with E-state index in [-0.39, 0.29) is 6.10 Å². The van der Waals surface area contributed by atoms with Crippen molar-refractivity contribution in [3.05, 3.63) is 33.8 Å². The van der Waals surface area contributed by atoms with Crippen molar-refractivity contribution in [2.24, 2.45) is 0 Å². The van der Waals surface area contributed by atoms with E-state index in [1.165, 1.54) is 0 Å². The van der Waals surface area contributed by atoms with Crippen LogP contribution in [-0.2, 0) is 4.74 Å². The van der Waals surface area contributed by atoms with E-state index in [4.69, 9.17) is 10.00 Å². The predicted octanol–water partition coefficient (Wildman–Crippen LogP) is 1.98. The van der Waals surface area contributed by atoms with Crippen LogP contribution in [0.2, 0.25) is 0 Å². The Morgan fingerprint density at radius 2 is 2.40 bits per heavy atom. The van der Waals surface area contributed by atoms with Crippen LogP contribution in [-0.4, -0.2) is 19.7 Å². The first-order valence-electron chi connectivity index (χ1n) is 4.83. The first kappa shape index (κ1) is 10.6. The monoisotopic (exact) mass is 266 g/mol. The maximum atomic E-state index is 9.00. The van der Waals surface area contributed by atoms with Crippen LogP contribution < -0.4 is 5.32 Å². The normalized spacial score (nSPS) is 20.9. The van der Waals surface area contributed by atoms with E-state index >= 15 is 0 Å². The van der Waals surface area contributed by atoms with Crippen LogP contribution in [0.4, 0.5) is 0 Å². The number of halogens is 1. The number of hydrogen-bond acceptors (Lipinski definition) is 3. The second-order valence-corrected chi connectivity index (χ2v) is 4.32. The molecule has 1 saturated heterocycles. The molecule has 4 heteroatoms. The molecule has 1 unspecified atom stereocenters. The number of benzene rings is 1. The van der Waals surface area contributed by atoms with Gasteiger partial charge < -0.3 is 10.1 Å². The van der Waals surface area contributed by atoms with Gasteiger partial charge in [-0.15, -0.1) is 0 Å². The summed E-state index contributed by atoms with van der Waals surface area (Å²) in [6.45, 7) is 2.35. The van der Waals surface area contributed by atoms with Gasteiger partial charge in [-0.25, -0.2) is 0 Å². The molecular formula is C11H11BrN2O. The average molecular weight is 267 g/mol. The molecule has 1 fully saturated rings. The molecule has 0 aromatic heterocycles. The van der Waals surface area contributed by atoms with Gasteiger partial charge in [-0.1, -0.05) is 15.9 Å². The average Bonchev–Trinajstić information content (AvgIpc) is 2.30. The lowest BCUT2D eigenvalue weighted by molar-refractivity contribution is 0.0275. The molecule has 1 aliphatic rings. The lowest BCUT2D eigenvalue weighted by atomic mass is 10.0. The number of nitrogens with one attached hydrogen (secondary N) is 1. The summed E-state index contributed by atoms with van der Waals surface area (Å²) in [6, 6.07) is 7.84. The minimum absolute atomic E-state index is 0.00843. The highest BCUT2D eigenvalue weighted by Gasteiger charge is 2.18. The summed E-state index contributed by atoms with van der Waals surface area (Å²) in [5, 5.41) is 12.3. The number of nitrogens with zero attached hydrogens (tertiary/aromatic N) is 1. The highest BCUT2D eigenvalue weighted by molar-refractivity contribution is 9.10. The number of nitriles is 1. The quantitative estimate of drug-likeness (QED) is 0.846. The SMILES string of the molecule is N#Cc1ccc(Br)cc1C1CNCCO1. The van der Waals surface area contributed by atoms with Crippen molar-refractivity contribution in [3.63, 3.8) is 0 Å². The maximum Gasteiger partial charge on any atom is 0.0995 e. The molecule has 0 bridgehead atoms. The van der Waals surface area contributed by atoms with Gasteiger partial charge in [0.25, 0.3) is 0 Å². The Morgan fingerprint density at radius 3 is 3.07 bits per heavy atom. The summed E-state index contributed by atoms with van der Waals surface area (Å²) in [4.78, 5) is 0. The van der Waals surface area contributed by atoms with E-state index in [0.717, 1.165) is 23.1 Å². The first-order chi connectivity index (χ1) is 7.31. The highest BCUT2D eigenvalue weighted by atomic mass is 79.9. The summed E-state index contributed by atoms with van der Waals surface area (Å²) >= 11 is 3.41. The van der Waals surface area contributed by atoms with Crippen molar-refractivity contribution in [2.75, 3.05) is 19.7 Å². The van der Waals surface area contributed by atoms with Crippen LogP contribution in [0.15, 0.2) is 22.7 Å². The highest BCUT2D eigenvalue weighted by Crippen LogP contribution is 2.25. The fourth-order valence-corrected chi connectivity index (χ4v) is 2.05. The fourth-order valence-electron chi connectivity index (χ4n) is 1.67. The van der Waals surface area contributed by atoms with Crippen LogP contribution in [0.3, 0.4) is 0 Å². The zero-order valence-electron chi connectivity index (χ0n) is 8.16. The maximum absolute atomic E-state index is 9.00. The summed E-state index contributed by atoms with van der Waals surface area (Å²) in [7, 11) is 0. The summed E-state index contributed by atoms with van der Waals surface area (Å²) in [5.74, 6) is 0. The summed E-state index contributed by atoms with van der Waals surface area (Å²) < 4.78 is 6.60. The molecule has 0 spiro atoms. The molecule has 1 atom stereocenters. The topological polar surface area (TPSA) is 45.0 Å². The van der Waals surface area contributed by atoms with Gasteiger partial charge in [-0.3, -0.25) is 0 Å². The van der Waals surface area contributed by atoms with E-state index in [1.807, 2.05) is 18.2 Å². The predicted molar refractivity (Wildman–Crippen MR) is 60.4 cm³/mol. The van der Waals surface area contributed by atoms with Gasteiger partial charge >= 0.3 is 0 Å². The number of morpholine rings is 1. The van der Waals surface area contributed by atoms with E-state index in [0.29, 0.717) is 12.2 Å². The second kappa shape index (κ2) is 4.75. The summed E-state index contributed by atoms with van der Waals surface area (Å²) in [5.41, 5.74) is 1.64. The van der Waals surface area contributed by atoms with Crippen LogP contribution in [0.5, 0.6) is 0 Å². The lowest BCUT2D eigenvalue weighted by Crippen LogP contribution is -2.33. The third-order valence-corrected chi connectivity index (χ3v) is 2.90. The van der Waals surface area contributed by atoms with E-state index in [9.17, 15) is 0 Å². The van der Waals surface area contributed by atoms with Gasteiger partial charge in [0.05, 0.1) is 24.3 Å². The Morgan fingerprint density at radius 1 is 1.53 bits per heavy atom. The van der Waals surface area contributed by atoms with Crippen molar-refractivity contribution in [2.45, 2.75) is 6.10 Å². The molecule has 1 N–H and O–H groups in total. The molecule has 0 saturated carbocycles. The van der Waals surface area contributed by atoms with Crippen LogP contribution >= 0.6 is 15.9 Å². The zero-order valence-corrected chi connectivity index (χ0v) is 9.75. The Hall–Kier alpha value is -0.890. The lowest BCUT2D eigenvalue weighted by Gasteiger charge is -2.24. The molecule has 1 aromatic carbocycles. The molecular weight excluding hydrogens is 256 g/mol. The standard InChI is InChI=1S/C11H11BrN2O/c12-9-2-1-8(6-13)10(5-9)11-7-14-3-4-15-11/h1-2,5,11,14H,3-4,7H2. The largest absolute Gasteiger partial charge is 0.371 e. The van der Waals surface area contributed by atoms with Crippen molar-refractivity contribution in [1.82, 2.24) is 5.32 Å². The molecule has 15 heavy (non-hydrogen) atoms. The molecule has 3 nitrogen and oxygen atoms in total. The molecule has 2 rings (SSSR count). The molecule has 0 amide bonds. The van der Waals surface area contributed by atoms with E-state index in [2.05, 4.69) is 27.3 Å². The van der Waals surface area contributed by atoms with Gasteiger partial charge in [-0.05, 0) is 18.2 Å². The Bertz CT molecular complexity index is 394. The Labute approximate surface area is 97.2 Å². The van der Waals surface area contributed by atoms with Crippen molar-refractivity contribution in [1.29, 1.82) is 5.26 Å². The minimum Gasteiger partial charge on any atom is -0.371 e. The van der Waals surface area contributed by atoms with Crippen molar-refractivity contribution >= 4 is 15.9 Å². The zero-order chi connectivity index (χ0) is 10.7. The molecule has 1 aliphatic heterocycles. The Balaban J connectivity index is 2.32. The molecule has 78 valence electrons. The van der Waals surface area contributed by atoms with Gasteiger partial charge in [0, 0.05) is 23.1 Å². The van der Waals surface area contributed by atoms with Gasteiger partial charge in [0.2, 0.25) is 0 Å². The van der Waals surface area contributed by atoms with Gasteiger partial charge in [0.1, 0.15) is 0 Å². The first-order valence-corrected chi connectivity index (χ1v) is 5.62. The van der Waals surface area contributed by atoms with Gasteiger partial charge in [-0.2, -0.15) is 5.26 Å². The Kier molecular flexibility index (Phi) is 3.37. The molecule has 1 aromatic rings. The van der Waals surface area contributed by atoms with Crippen molar-refractivity contribution < 1.29 is 4.74 Å². The van der Waals surface area contributed by atoms with Crippen LogP contribution in [0, 0.1) is 11.3 Å². The van der Waals surface area contributed by atoms with E-state index < -0.39 is 0 Å². The third-order valence-electron chi connectivity index (χ3n) is 2.41. The molecule has 0 radical (unpaired) electrons. The molecule has 1 heterocycles. The molecule has 0 aliphatic carbocycles. The number of rotatable bonds is 1. The smallest absolute Gasteiger partial charge is 0.0995 e. The number of ether oxygens (including phenoxy) is 1. The van der Waals surface area contributed by atoms with E-state index in [1.54, 1.807) is 0 Å². The van der Waals surface area contributed by atoms with Crippen LogP contribution in [0.25, 0.3) is 0 Å². The summed E-state index contributed by atoms with van der Waals surface area (Å²) in [6.07, 6.45) is -0.00843. The van der Waals surface area contributed by atoms with Gasteiger partial charge in [0.15, 0.2) is 0 Å².